The van der Waals surface area contributed by atoms with E-state index in [0.29, 0.717) is 11.3 Å². The summed E-state index contributed by atoms with van der Waals surface area (Å²) in [6, 6.07) is 10.4. The number of aromatic nitrogens is 1. The zero-order valence-corrected chi connectivity index (χ0v) is 12.5. The maximum atomic E-state index is 13.5. The second-order valence-corrected chi connectivity index (χ2v) is 4.65. The smallest absolute Gasteiger partial charge is 0.256 e. The van der Waals surface area contributed by atoms with Crippen LogP contribution >= 0.6 is 0 Å². The van der Waals surface area contributed by atoms with Crippen LogP contribution in [0.4, 0.5) is 15.9 Å². The molecule has 8 heteroatoms. The molecule has 2 N–H and O–H groups in total. The van der Waals surface area contributed by atoms with Crippen molar-refractivity contribution < 1.29 is 9.18 Å². The van der Waals surface area contributed by atoms with Gasteiger partial charge in [-0.05, 0) is 36.8 Å². The van der Waals surface area contributed by atoms with Gasteiger partial charge in [-0.1, -0.05) is 6.07 Å². The number of hydrogen-bond donors (Lipinski definition) is 2. The molecule has 2 rings (SSSR count). The average molecular weight is 322 g/mol. The number of carbonyl (C=O) groups is 1. The van der Waals surface area contributed by atoms with Gasteiger partial charge in [0.1, 0.15) is 23.8 Å². The molecule has 0 aliphatic carbocycles. The quantitative estimate of drug-likeness (QED) is 0.663. The summed E-state index contributed by atoms with van der Waals surface area (Å²) in [5.74, 6) is -0.688. The number of pyridine rings is 1. The van der Waals surface area contributed by atoms with Crippen molar-refractivity contribution in [3.8, 4) is 12.1 Å². The van der Waals surface area contributed by atoms with Crippen LogP contribution in [0.1, 0.15) is 15.9 Å². The van der Waals surface area contributed by atoms with Gasteiger partial charge < -0.3 is 5.32 Å². The van der Waals surface area contributed by atoms with E-state index in [2.05, 4.69) is 20.8 Å². The molecule has 0 saturated heterocycles. The molecule has 24 heavy (non-hydrogen) atoms. The highest BCUT2D eigenvalue weighted by molar-refractivity contribution is 6.10. The lowest BCUT2D eigenvalue weighted by Crippen LogP contribution is -2.13. The number of amides is 1. The van der Waals surface area contributed by atoms with Gasteiger partial charge in [0.05, 0.1) is 11.9 Å². The van der Waals surface area contributed by atoms with Crippen molar-refractivity contribution in [2.24, 2.45) is 5.10 Å². The third-order valence-corrected chi connectivity index (χ3v) is 2.95. The van der Waals surface area contributed by atoms with Crippen LogP contribution in [0, 0.1) is 35.4 Å². The predicted molar refractivity (Wildman–Crippen MR) is 85.6 cm³/mol. The SMILES string of the molecule is Cc1ccc(C(=O)Nc2ccc(NN=C(C#N)C#N)cn2)cc1F. The number of rotatable bonds is 4. The largest absolute Gasteiger partial charge is 0.307 e. The van der Waals surface area contributed by atoms with Crippen molar-refractivity contribution in [2.75, 3.05) is 10.7 Å². The van der Waals surface area contributed by atoms with Gasteiger partial charge in [0.2, 0.25) is 5.71 Å². The zero-order chi connectivity index (χ0) is 17.5. The maximum absolute atomic E-state index is 13.5. The van der Waals surface area contributed by atoms with Crippen molar-refractivity contribution in [3.63, 3.8) is 0 Å². The number of nitrogens with one attached hydrogen (secondary N) is 2. The first kappa shape index (κ1) is 16.6. The van der Waals surface area contributed by atoms with Crippen LogP contribution in [0.3, 0.4) is 0 Å². The first-order chi connectivity index (χ1) is 11.5. The maximum Gasteiger partial charge on any atom is 0.256 e. The number of aryl methyl sites for hydroxylation is 1. The van der Waals surface area contributed by atoms with Gasteiger partial charge in [0.25, 0.3) is 5.91 Å². The summed E-state index contributed by atoms with van der Waals surface area (Å²) in [5.41, 5.74) is 3.23. The molecule has 0 unspecified atom stereocenters. The van der Waals surface area contributed by atoms with E-state index >= 15 is 0 Å². The Morgan fingerprint density at radius 1 is 1.25 bits per heavy atom. The van der Waals surface area contributed by atoms with E-state index in [9.17, 15) is 9.18 Å². The molecule has 0 spiro atoms. The number of hydrogen-bond acceptors (Lipinski definition) is 6. The zero-order valence-electron chi connectivity index (χ0n) is 12.5. The second kappa shape index (κ2) is 7.47. The van der Waals surface area contributed by atoms with E-state index in [1.165, 1.54) is 24.4 Å². The molecule has 0 saturated carbocycles. The monoisotopic (exact) mass is 322 g/mol. The van der Waals surface area contributed by atoms with Crippen LogP contribution in [0.5, 0.6) is 0 Å². The molecular formula is C16H11FN6O. The van der Waals surface area contributed by atoms with Crippen LogP contribution in [-0.4, -0.2) is 16.6 Å². The highest BCUT2D eigenvalue weighted by Gasteiger charge is 2.09. The minimum absolute atomic E-state index is 0.180. The van der Waals surface area contributed by atoms with Crippen LogP contribution in [0.15, 0.2) is 41.6 Å². The Hall–Kier alpha value is -3.78. The Kier molecular flexibility index (Phi) is 5.17. The number of nitrogens with zero attached hydrogens (tertiary/aromatic N) is 4. The molecule has 1 aromatic heterocycles. The van der Waals surface area contributed by atoms with Gasteiger partial charge in [-0.2, -0.15) is 15.6 Å². The van der Waals surface area contributed by atoms with Gasteiger partial charge in [-0.3, -0.25) is 10.2 Å². The molecular weight excluding hydrogens is 311 g/mol. The lowest BCUT2D eigenvalue weighted by molar-refractivity contribution is 0.102. The van der Waals surface area contributed by atoms with Crippen LogP contribution in [0.2, 0.25) is 0 Å². The first-order valence-corrected chi connectivity index (χ1v) is 6.71. The van der Waals surface area contributed by atoms with Crippen LogP contribution < -0.4 is 10.7 Å². The molecule has 0 aliphatic rings. The highest BCUT2D eigenvalue weighted by atomic mass is 19.1. The van der Waals surface area contributed by atoms with Gasteiger partial charge in [0, 0.05) is 5.56 Å². The van der Waals surface area contributed by atoms with Crippen molar-refractivity contribution in [2.45, 2.75) is 6.92 Å². The lowest BCUT2D eigenvalue weighted by atomic mass is 10.1. The van der Waals surface area contributed by atoms with E-state index in [1.807, 2.05) is 0 Å². The third kappa shape index (κ3) is 4.12. The van der Waals surface area contributed by atoms with E-state index in [4.69, 9.17) is 10.5 Å². The van der Waals surface area contributed by atoms with Crippen molar-refractivity contribution in [1.82, 2.24) is 4.98 Å². The Bertz CT molecular complexity index is 861. The molecule has 0 atom stereocenters. The molecule has 1 heterocycles. The molecule has 0 radical (unpaired) electrons. The highest BCUT2D eigenvalue weighted by Crippen LogP contribution is 2.13. The Labute approximate surface area is 137 Å². The molecule has 0 fully saturated rings. The summed E-state index contributed by atoms with van der Waals surface area (Å²) < 4.78 is 13.5. The molecule has 1 amide bonds. The summed E-state index contributed by atoms with van der Waals surface area (Å²) in [6.45, 7) is 1.61. The lowest BCUT2D eigenvalue weighted by Gasteiger charge is -2.06. The van der Waals surface area contributed by atoms with E-state index in [0.717, 1.165) is 6.07 Å². The molecule has 0 bridgehead atoms. The molecule has 7 nitrogen and oxygen atoms in total. The summed E-state index contributed by atoms with van der Waals surface area (Å²) in [6.07, 6.45) is 1.36. The Morgan fingerprint density at radius 2 is 2.00 bits per heavy atom. The van der Waals surface area contributed by atoms with Crippen LogP contribution in [0.25, 0.3) is 0 Å². The molecule has 118 valence electrons. The first-order valence-electron chi connectivity index (χ1n) is 6.71. The van der Waals surface area contributed by atoms with E-state index < -0.39 is 11.7 Å². The minimum Gasteiger partial charge on any atom is -0.307 e. The fourth-order valence-electron chi connectivity index (χ4n) is 1.65. The summed E-state index contributed by atoms with van der Waals surface area (Å²) in [7, 11) is 0. The van der Waals surface area contributed by atoms with Gasteiger partial charge in [-0.15, -0.1) is 0 Å². The molecule has 0 aliphatic heterocycles. The van der Waals surface area contributed by atoms with E-state index in [-0.39, 0.29) is 17.1 Å². The van der Waals surface area contributed by atoms with Crippen molar-refractivity contribution in [1.29, 1.82) is 10.5 Å². The van der Waals surface area contributed by atoms with Gasteiger partial charge >= 0.3 is 0 Å². The Balaban J connectivity index is 2.05. The second-order valence-electron chi connectivity index (χ2n) is 4.65. The normalized spacial score (nSPS) is 9.33. The van der Waals surface area contributed by atoms with Crippen molar-refractivity contribution >= 4 is 23.1 Å². The number of benzene rings is 1. The number of nitriles is 2. The summed E-state index contributed by atoms with van der Waals surface area (Å²) in [4.78, 5) is 16.0. The summed E-state index contributed by atoms with van der Waals surface area (Å²) in [5, 5.41) is 23.2. The Morgan fingerprint density at radius 3 is 2.58 bits per heavy atom. The number of hydrazone groups is 1. The fraction of sp³-hybridized carbons (Fsp3) is 0.0625. The molecule has 2 aromatic rings. The third-order valence-electron chi connectivity index (χ3n) is 2.95. The topological polar surface area (TPSA) is 114 Å². The number of halogens is 1. The number of anilines is 2. The fourth-order valence-corrected chi connectivity index (χ4v) is 1.65. The van der Waals surface area contributed by atoms with Gasteiger partial charge in [-0.25, -0.2) is 9.37 Å². The van der Waals surface area contributed by atoms with Crippen LogP contribution in [-0.2, 0) is 0 Å². The van der Waals surface area contributed by atoms with Gasteiger partial charge in [0.15, 0.2) is 0 Å². The average Bonchev–Trinajstić information content (AvgIpc) is 2.59. The number of carbonyl (C=O) groups excluding carboxylic acids is 1. The predicted octanol–water partition coefficient (Wildman–Crippen LogP) is 2.60. The summed E-state index contributed by atoms with van der Waals surface area (Å²) >= 11 is 0. The minimum atomic E-state index is -0.489. The van der Waals surface area contributed by atoms with Crippen molar-refractivity contribution in [3.05, 3.63) is 53.5 Å². The molecule has 1 aromatic carbocycles. The van der Waals surface area contributed by atoms with E-state index in [1.54, 1.807) is 25.1 Å². The standard InChI is InChI=1S/C16H11FN6O/c1-10-2-3-11(6-14(10)17)16(24)21-15-5-4-12(9-20-15)22-23-13(7-18)8-19/h2-6,9,22H,1H3,(H,20,21,24).